The Kier molecular flexibility index (Phi) is 5.93. The van der Waals surface area contributed by atoms with Crippen LogP contribution in [-0.2, 0) is 19.6 Å². The van der Waals surface area contributed by atoms with E-state index in [0.717, 1.165) is 16.6 Å². The maximum absolute atomic E-state index is 13.2. The van der Waals surface area contributed by atoms with Crippen molar-refractivity contribution in [2.75, 3.05) is 0 Å². The van der Waals surface area contributed by atoms with Gasteiger partial charge in [0.15, 0.2) is 0 Å². The summed E-state index contributed by atoms with van der Waals surface area (Å²) in [5.74, 6) is 0. The summed E-state index contributed by atoms with van der Waals surface area (Å²) in [7, 11) is 3.60. The Balaban J connectivity index is 1.91. The Morgan fingerprint density at radius 1 is 0.943 bits per heavy atom. The highest BCUT2D eigenvalue weighted by Crippen LogP contribution is 2.40. The summed E-state index contributed by atoms with van der Waals surface area (Å²) in [4.78, 5) is 21.8. The number of hydrogen-bond acceptors (Lipinski definition) is 4. The number of benzene rings is 2. The second-order valence-electron chi connectivity index (χ2n) is 8.38. The van der Waals surface area contributed by atoms with Crippen LogP contribution in [0.5, 0.6) is 0 Å². The Bertz CT molecular complexity index is 1620. The maximum atomic E-state index is 13.2. The molecule has 2 N–H and O–H groups in total. The molecule has 0 aliphatic carbocycles. The molecule has 35 heavy (non-hydrogen) atoms. The number of para-hydroxylation sites is 1. The number of hydrogen-bond donors (Lipinski definition) is 1. The molecule has 0 fully saturated rings. The van der Waals surface area contributed by atoms with Gasteiger partial charge < -0.3 is 14.9 Å². The molecule has 0 saturated carbocycles. The second-order valence-corrected chi connectivity index (χ2v) is 9.64. The van der Waals surface area contributed by atoms with Crippen LogP contribution in [0.1, 0.15) is 16.8 Å². The Morgan fingerprint density at radius 2 is 1.69 bits per heavy atom. The lowest BCUT2D eigenvalue weighted by molar-refractivity contribution is 0.595. The van der Waals surface area contributed by atoms with Crippen molar-refractivity contribution < 1.29 is 0 Å². The van der Waals surface area contributed by atoms with Gasteiger partial charge >= 0.3 is 0 Å². The number of nitrogens with two attached hydrogens (primary N) is 1. The number of nitrogens with zero attached hydrogens (tertiary/aromatic N) is 4. The van der Waals surface area contributed by atoms with E-state index in [1.54, 1.807) is 60.7 Å². The van der Waals surface area contributed by atoms with Gasteiger partial charge in [0.2, 0.25) is 0 Å². The molecule has 0 amide bonds. The minimum absolute atomic E-state index is 0.197. The van der Waals surface area contributed by atoms with Crippen LogP contribution < -0.4 is 11.3 Å². The zero-order chi connectivity index (χ0) is 24.9. The fourth-order valence-electron chi connectivity index (χ4n) is 4.58. The summed E-state index contributed by atoms with van der Waals surface area (Å²) in [6.07, 6.45) is 5.04. The lowest BCUT2D eigenvalue weighted by atomic mass is 9.80. The Morgan fingerprint density at radius 3 is 2.31 bits per heavy atom. The van der Waals surface area contributed by atoms with Crippen LogP contribution in [0.3, 0.4) is 0 Å². The first kappa shape index (κ1) is 23.6. The molecule has 0 radical (unpaired) electrons. The molecule has 0 aliphatic rings. The maximum Gasteiger partial charge on any atom is 0.251 e. The van der Waals surface area contributed by atoms with Gasteiger partial charge in [0.05, 0.1) is 23.7 Å². The first-order valence-electron chi connectivity index (χ1n) is 10.7. The van der Waals surface area contributed by atoms with Crippen molar-refractivity contribution in [3.63, 3.8) is 0 Å². The van der Waals surface area contributed by atoms with Gasteiger partial charge in [0, 0.05) is 52.9 Å². The van der Waals surface area contributed by atoms with Gasteiger partial charge in [-0.15, -0.1) is 0 Å². The van der Waals surface area contributed by atoms with E-state index in [2.05, 4.69) is 9.97 Å². The van der Waals surface area contributed by atoms with E-state index in [1.165, 1.54) is 0 Å². The summed E-state index contributed by atoms with van der Waals surface area (Å²) in [5.41, 5.74) is 10.1. The topological polar surface area (TPSA) is 78.7 Å². The van der Waals surface area contributed by atoms with Gasteiger partial charge in [-0.25, -0.2) is 9.97 Å². The fourth-order valence-corrected chi connectivity index (χ4v) is 5.22. The van der Waals surface area contributed by atoms with E-state index in [4.69, 9.17) is 40.5 Å². The molecule has 0 bridgehead atoms. The van der Waals surface area contributed by atoms with E-state index in [-0.39, 0.29) is 5.56 Å². The molecule has 0 aliphatic heterocycles. The summed E-state index contributed by atoms with van der Waals surface area (Å²) < 4.78 is 3.45. The highest BCUT2D eigenvalue weighted by atomic mass is 35.5. The summed E-state index contributed by atoms with van der Waals surface area (Å²) in [5, 5.41) is 2.13. The molecule has 3 aromatic heterocycles. The van der Waals surface area contributed by atoms with Crippen molar-refractivity contribution in [3.05, 3.63) is 116 Å². The monoisotopic (exact) mass is 523 g/mol. The molecular formula is C26H20Cl3N5O. The van der Waals surface area contributed by atoms with Crippen LogP contribution >= 0.6 is 34.8 Å². The van der Waals surface area contributed by atoms with Crippen LogP contribution in [0.2, 0.25) is 15.2 Å². The van der Waals surface area contributed by atoms with Crippen molar-refractivity contribution in [1.29, 1.82) is 0 Å². The minimum atomic E-state index is -1.20. The second kappa shape index (κ2) is 8.81. The number of imidazole rings is 1. The molecule has 5 rings (SSSR count). The van der Waals surface area contributed by atoms with E-state index in [9.17, 15) is 4.79 Å². The number of fused-ring (bicyclic) bond motifs is 1. The molecular weight excluding hydrogens is 505 g/mol. The predicted molar refractivity (Wildman–Crippen MR) is 141 cm³/mol. The first-order valence-corrected chi connectivity index (χ1v) is 11.8. The van der Waals surface area contributed by atoms with Gasteiger partial charge in [-0.2, -0.15) is 0 Å². The summed E-state index contributed by atoms with van der Waals surface area (Å²) >= 11 is 18.7. The predicted octanol–water partition coefficient (Wildman–Crippen LogP) is 5.54. The zero-order valence-corrected chi connectivity index (χ0v) is 21.1. The van der Waals surface area contributed by atoms with Gasteiger partial charge in [-0.3, -0.25) is 4.79 Å². The number of aromatic nitrogens is 4. The van der Waals surface area contributed by atoms with Crippen molar-refractivity contribution in [2.45, 2.75) is 5.54 Å². The molecule has 5 aromatic rings. The number of rotatable bonds is 4. The SMILES string of the molecule is Cn1cncc1C(N)(c1ccc(Cl)nc1)c1cccc2c(-c3cc(Cl)cc(Cl)c3)cc(=O)n(C)c12. The molecule has 0 saturated heterocycles. The number of pyridine rings is 2. The standard InChI is InChI=1S/C26H20Cl3N5O/c1-33-14-31-13-22(33)26(30,16-6-7-23(29)32-12-16)21-5-3-4-19-20(11-24(35)34(2)25(19)21)15-8-17(27)10-18(28)9-15/h3-14H,30H2,1-2H3. The van der Waals surface area contributed by atoms with Crippen molar-refractivity contribution in [1.82, 2.24) is 19.1 Å². The quantitative estimate of drug-likeness (QED) is 0.313. The van der Waals surface area contributed by atoms with Crippen molar-refractivity contribution >= 4 is 45.7 Å². The normalized spacial score (nSPS) is 13.2. The highest BCUT2D eigenvalue weighted by Gasteiger charge is 2.37. The lowest BCUT2D eigenvalue weighted by Crippen LogP contribution is -2.42. The Labute approximate surface area is 216 Å². The molecule has 6 nitrogen and oxygen atoms in total. The highest BCUT2D eigenvalue weighted by molar-refractivity contribution is 6.35. The van der Waals surface area contributed by atoms with Crippen molar-refractivity contribution in [3.8, 4) is 11.1 Å². The largest absolute Gasteiger partial charge is 0.336 e. The van der Waals surface area contributed by atoms with Crippen LogP contribution in [0, 0.1) is 0 Å². The Hall–Kier alpha value is -3.16. The number of aryl methyl sites for hydroxylation is 2. The van der Waals surface area contributed by atoms with E-state index >= 15 is 0 Å². The van der Waals surface area contributed by atoms with E-state index in [1.807, 2.05) is 35.9 Å². The molecule has 9 heteroatoms. The zero-order valence-electron chi connectivity index (χ0n) is 18.8. The molecule has 176 valence electrons. The molecule has 1 atom stereocenters. The average molecular weight is 525 g/mol. The molecule has 3 heterocycles. The third-order valence-electron chi connectivity index (χ3n) is 6.26. The molecule has 1 unspecified atom stereocenters. The van der Waals surface area contributed by atoms with E-state index < -0.39 is 5.54 Å². The lowest BCUT2D eigenvalue weighted by Gasteiger charge is -2.32. The summed E-state index contributed by atoms with van der Waals surface area (Å²) in [6, 6.07) is 16.1. The van der Waals surface area contributed by atoms with Gasteiger partial charge in [0.25, 0.3) is 5.56 Å². The van der Waals surface area contributed by atoms with Gasteiger partial charge in [-0.1, -0.05) is 59.1 Å². The smallest absolute Gasteiger partial charge is 0.251 e. The minimum Gasteiger partial charge on any atom is -0.336 e. The van der Waals surface area contributed by atoms with Crippen LogP contribution in [0.25, 0.3) is 22.0 Å². The molecule has 0 spiro atoms. The van der Waals surface area contributed by atoms with E-state index in [0.29, 0.717) is 37.4 Å². The van der Waals surface area contributed by atoms with Gasteiger partial charge in [0.1, 0.15) is 10.7 Å². The molecule has 2 aromatic carbocycles. The summed E-state index contributed by atoms with van der Waals surface area (Å²) in [6.45, 7) is 0. The fraction of sp³-hybridized carbons (Fsp3) is 0.115. The van der Waals surface area contributed by atoms with Crippen LogP contribution in [-0.4, -0.2) is 19.1 Å². The average Bonchev–Trinajstić information content (AvgIpc) is 3.26. The number of halogens is 3. The van der Waals surface area contributed by atoms with Gasteiger partial charge in [-0.05, 0) is 35.4 Å². The van der Waals surface area contributed by atoms with Crippen molar-refractivity contribution in [2.24, 2.45) is 19.8 Å². The first-order chi connectivity index (χ1) is 16.7. The third kappa shape index (κ3) is 3.93. The van der Waals surface area contributed by atoms with Crippen LogP contribution in [0.4, 0.5) is 0 Å². The third-order valence-corrected chi connectivity index (χ3v) is 6.92. The van der Waals surface area contributed by atoms with Crippen LogP contribution in [0.15, 0.2) is 78.1 Å².